The Morgan fingerprint density at radius 2 is 1.58 bits per heavy atom. The van der Waals surface area contributed by atoms with Gasteiger partial charge in [0.1, 0.15) is 6.04 Å². The normalized spacial score (nSPS) is 13.4. The number of carbonyl (C=O) groups is 2. The van der Waals surface area contributed by atoms with Gasteiger partial charge in [0.25, 0.3) is 0 Å². The second-order valence-electron chi connectivity index (χ2n) is 7.49. The van der Waals surface area contributed by atoms with E-state index in [9.17, 15) is 9.59 Å². The van der Waals surface area contributed by atoms with E-state index < -0.39 is 6.04 Å². The summed E-state index contributed by atoms with van der Waals surface area (Å²) in [6, 6.07) is 13.5. The van der Waals surface area contributed by atoms with E-state index in [4.69, 9.17) is 0 Å². The van der Waals surface area contributed by atoms with Crippen LogP contribution in [0.2, 0.25) is 0 Å². The molecule has 0 saturated carbocycles. The van der Waals surface area contributed by atoms with Gasteiger partial charge in [0.15, 0.2) is 0 Å². The molecule has 2 rings (SSSR count). The standard InChI is InChI=1S/C22H30N2O2/c1-15(2)12-13-16(3)23-22(26)17(4)24-21(25)14-19-10-7-9-18-8-5-6-11-20(18)19/h5-11,15-17H,12-14H2,1-4H3,(H,23,26)(H,24,25)/t16-,17-/m0/s1. The highest BCUT2D eigenvalue weighted by molar-refractivity contribution is 5.92. The fourth-order valence-corrected chi connectivity index (χ4v) is 3.00. The number of nitrogens with one attached hydrogen (secondary N) is 2. The molecule has 0 aliphatic rings. The van der Waals surface area contributed by atoms with E-state index in [1.54, 1.807) is 6.92 Å². The van der Waals surface area contributed by atoms with Crippen molar-refractivity contribution in [2.24, 2.45) is 5.92 Å². The van der Waals surface area contributed by atoms with Crippen LogP contribution in [0.5, 0.6) is 0 Å². The van der Waals surface area contributed by atoms with E-state index >= 15 is 0 Å². The molecule has 140 valence electrons. The molecule has 0 aliphatic heterocycles. The first kappa shape index (κ1) is 20.0. The number of benzene rings is 2. The van der Waals surface area contributed by atoms with Crippen LogP contribution in [0.25, 0.3) is 10.8 Å². The molecule has 0 radical (unpaired) electrons. The van der Waals surface area contributed by atoms with Crippen LogP contribution in [0.1, 0.15) is 46.1 Å². The predicted octanol–water partition coefficient (Wildman–Crippen LogP) is 3.83. The lowest BCUT2D eigenvalue weighted by Gasteiger charge is -2.19. The SMILES string of the molecule is CC(C)CC[C@H](C)NC(=O)[C@H](C)NC(=O)Cc1cccc2ccccc12. The average Bonchev–Trinajstić information content (AvgIpc) is 2.60. The molecular weight excluding hydrogens is 324 g/mol. The van der Waals surface area contributed by atoms with Crippen LogP contribution in [-0.4, -0.2) is 23.9 Å². The highest BCUT2D eigenvalue weighted by Gasteiger charge is 2.18. The number of carbonyl (C=O) groups excluding carboxylic acids is 2. The van der Waals surface area contributed by atoms with Crippen molar-refractivity contribution < 1.29 is 9.59 Å². The lowest BCUT2D eigenvalue weighted by molar-refractivity contribution is -0.128. The molecule has 0 heterocycles. The van der Waals surface area contributed by atoms with Gasteiger partial charge in [-0.15, -0.1) is 0 Å². The third-order valence-corrected chi connectivity index (χ3v) is 4.57. The van der Waals surface area contributed by atoms with Crippen LogP contribution in [0.4, 0.5) is 0 Å². The highest BCUT2D eigenvalue weighted by Crippen LogP contribution is 2.18. The van der Waals surface area contributed by atoms with Crippen molar-refractivity contribution in [3.63, 3.8) is 0 Å². The van der Waals surface area contributed by atoms with Crippen LogP contribution in [0.15, 0.2) is 42.5 Å². The number of hydrogen-bond donors (Lipinski definition) is 2. The molecule has 2 aromatic carbocycles. The Kier molecular flexibility index (Phi) is 7.19. The summed E-state index contributed by atoms with van der Waals surface area (Å²) >= 11 is 0. The summed E-state index contributed by atoms with van der Waals surface area (Å²) in [7, 11) is 0. The molecule has 2 amide bonds. The summed E-state index contributed by atoms with van der Waals surface area (Å²) in [5.74, 6) is 0.346. The summed E-state index contributed by atoms with van der Waals surface area (Å²) in [6.07, 6.45) is 2.28. The molecule has 0 unspecified atom stereocenters. The maximum atomic E-state index is 12.4. The van der Waals surface area contributed by atoms with Crippen molar-refractivity contribution in [2.45, 2.75) is 59.0 Å². The van der Waals surface area contributed by atoms with Crippen molar-refractivity contribution in [2.75, 3.05) is 0 Å². The molecule has 4 heteroatoms. The van der Waals surface area contributed by atoms with Gasteiger partial charge in [-0.1, -0.05) is 56.3 Å². The Morgan fingerprint density at radius 1 is 0.885 bits per heavy atom. The van der Waals surface area contributed by atoms with Crippen molar-refractivity contribution in [3.05, 3.63) is 48.0 Å². The van der Waals surface area contributed by atoms with E-state index in [1.807, 2.05) is 49.4 Å². The summed E-state index contributed by atoms with van der Waals surface area (Å²) in [6.45, 7) is 8.08. The van der Waals surface area contributed by atoms with Crippen LogP contribution in [0.3, 0.4) is 0 Å². The van der Waals surface area contributed by atoms with Gasteiger partial charge in [-0.3, -0.25) is 9.59 Å². The minimum Gasteiger partial charge on any atom is -0.352 e. The third kappa shape index (κ3) is 5.87. The second-order valence-corrected chi connectivity index (χ2v) is 7.49. The topological polar surface area (TPSA) is 58.2 Å². The van der Waals surface area contributed by atoms with Gasteiger partial charge in [0.05, 0.1) is 6.42 Å². The zero-order valence-corrected chi connectivity index (χ0v) is 16.2. The van der Waals surface area contributed by atoms with E-state index in [1.165, 1.54) is 0 Å². The molecule has 0 spiro atoms. The molecule has 26 heavy (non-hydrogen) atoms. The van der Waals surface area contributed by atoms with E-state index in [0.717, 1.165) is 29.2 Å². The Labute approximate surface area is 156 Å². The summed E-state index contributed by atoms with van der Waals surface area (Å²) in [4.78, 5) is 24.7. The second kappa shape index (κ2) is 9.37. The van der Waals surface area contributed by atoms with Gasteiger partial charge in [-0.25, -0.2) is 0 Å². The number of hydrogen-bond acceptors (Lipinski definition) is 2. The summed E-state index contributed by atoms with van der Waals surface area (Å²) < 4.78 is 0. The molecule has 4 nitrogen and oxygen atoms in total. The zero-order valence-electron chi connectivity index (χ0n) is 16.2. The molecule has 2 atom stereocenters. The third-order valence-electron chi connectivity index (χ3n) is 4.57. The summed E-state index contributed by atoms with van der Waals surface area (Å²) in [5.41, 5.74) is 0.971. The van der Waals surface area contributed by atoms with Crippen molar-refractivity contribution >= 4 is 22.6 Å². The van der Waals surface area contributed by atoms with Crippen molar-refractivity contribution in [1.29, 1.82) is 0 Å². The fraction of sp³-hybridized carbons (Fsp3) is 0.455. The first-order valence-electron chi connectivity index (χ1n) is 9.43. The lowest BCUT2D eigenvalue weighted by atomic mass is 10.0. The van der Waals surface area contributed by atoms with Gasteiger partial charge in [0, 0.05) is 6.04 Å². The first-order chi connectivity index (χ1) is 12.4. The molecule has 2 N–H and O–H groups in total. The largest absolute Gasteiger partial charge is 0.352 e. The van der Waals surface area contributed by atoms with Crippen LogP contribution in [-0.2, 0) is 16.0 Å². The Balaban J connectivity index is 1.89. The molecular formula is C22H30N2O2. The van der Waals surface area contributed by atoms with Gasteiger partial charge in [0.2, 0.25) is 11.8 Å². The average molecular weight is 354 g/mol. The fourth-order valence-electron chi connectivity index (χ4n) is 3.00. The van der Waals surface area contributed by atoms with Gasteiger partial charge >= 0.3 is 0 Å². The van der Waals surface area contributed by atoms with E-state index in [2.05, 4.69) is 24.5 Å². The Bertz CT molecular complexity index is 749. The predicted molar refractivity (Wildman–Crippen MR) is 107 cm³/mol. The lowest BCUT2D eigenvalue weighted by Crippen LogP contribution is -2.47. The number of fused-ring (bicyclic) bond motifs is 1. The smallest absolute Gasteiger partial charge is 0.242 e. The zero-order chi connectivity index (χ0) is 19.1. The van der Waals surface area contributed by atoms with Gasteiger partial charge in [-0.05, 0) is 48.9 Å². The maximum Gasteiger partial charge on any atom is 0.242 e. The van der Waals surface area contributed by atoms with E-state index in [-0.39, 0.29) is 24.3 Å². The Morgan fingerprint density at radius 3 is 2.31 bits per heavy atom. The summed E-state index contributed by atoms with van der Waals surface area (Å²) in [5, 5.41) is 7.98. The van der Waals surface area contributed by atoms with E-state index in [0.29, 0.717) is 5.92 Å². The molecule has 0 fully saturated rings. The molecule has 0 bridgehead atoms. The van der Waals surface area contributed by atoms with Crippen molar-refractivity contribution in [1.82, 2.24) is 10.6 Å². The van der Waals surface area contributed by atoms with Crippen LogP contribution < -0.4 is 10.6 Å². The minimum atomic E-state index is -0.543. The first-order valence-corrected chi connectivity index (χ1v) is 9.43. The van der Waals surface area contributed by atoms with Gasteiger partial charge < -0.3 is 10.6 Å². The molecule has 0 saturated heterocycles. The van der Waals surface area contributed by atoms with Crippen LogP contribution in [0, 0.1) is 5.92 Å². The molecule has 0 aliphatic carbocycles. The quantitative estimate of drug-likeness (QED) is 0.757. The van der Waals surface area contributed by atoms with Crippen molar-refractivity contribution in [3.8, 4) is 0 Å². The number of rotatable bonds is 8. The monoisotopic (exact) mass is 354 g/mol. The molecule has 0 aromatic heterocycles. The molecule has 2 aromatic rings. The van der Waals surface area contributed by atoms with Crippen LogP contribution >= 0.6 is 0 Å². The maximum absolute atomic E-state index is 12.4. The van der Waals surface area contributed by atoms with Gasteiger partial charge in [-0.2, -0.15) is 0 Å². The Hall–Kier alpha value is -2.36. The highest BCUT2D eigenvalue weighted by atomic mass is 16.2. The number of amides is 2. The minimum absolute atomic E-state index is 0.113.